The summed E-state index contributed by atoms with van der Waals surface area (Å²) in [6.07, 6.45) is 2.28. The number of ether oxygens (including phenoxy) is 1. The monoisotopic (exact) mass is 519 g/mol. The standard InChI is InChI=1S/C22H18Cl5NO3/c23-13-5-12(6-14(24)7-13)19-20(22(19,26)27)21(30)28-15-3-4-17(25)16(8-15)18(29)10-31-9-11-1-2-11/h3-8,11,19-20H,1-2,9-10H2,(H,28,30). The van der Waals surface area contributed by atoms with Crippen molar-refractivity contribution in [3.63, 3.8) is 0 Å². The highest BCUT2D eigenvalue weighted by atomic mass is 35.5. The number of nitrogens with one attached hydrogen (secondary N) is 1. The van der Waals surface area contributed by atoms with Gasteiger partial charge in [0.2, 0.25) is 5.91 Å². The normalized spacial score (nSPS) is 21.6. The van der Waals surface area contributed by atoms with Gasteiger partial charge < -0.3 is 10.1 Å². The van der Waals surface area contributed by atoms with Gasteiger partial charge in [0.05, 0.1) is 17.5 Å². The van der Waals surface area contributed by atoms with Crippen molar-refractivity contribution in [3.8, 4) is 0 Å². The van der Waals surface area contributed by atoms with Gasteiger partial charge in [0.25, 0.3) is 0 Å². The summed E-state index contributed by atoms with van der Waals surface area (Å²) in [5.41, 5.74) is 1.38. The first-order chi connectivity index (χ1) is 14.7. The highest BCUT2D eigenvalue weighted by molar-refractivity contribution is 6.53. The Hall–Kier alpha value is -1.01. The topological polar surface area (TPSA) is 55.4 Å². The van der Waals surface area contributed by atoms with E-state index in [1.54, 1.807) is 30.3 Å². The first-order valence-corrected chi connectivity index (χ1v) is 11.6. The number of Topliss-reactive ketones (excluding diaryl/α,β-unsaturated/α-hetero) is 1. The SMILES string of the molecule is O=C(COCC1CC1)c1cc(NC(=O)C2C(c3cc(Cl)cc(Cl)c3)C2(Cl)Cl)ccc1Cl. The summed E-state index contributed by atoms with van der Waals surface area (Å²) in [7, 11) is 0. The number of amides is 1. The molecule has 2 fully saturated rings. The summed E-state index contributed by atoms with van der Waals surface area (Å²) >= 11 is 31.1. The van der Waals surface area contributed by atoms with Crippen molar-refractivity contribution in [1.29, 1.82) is 0 Å². The molecule has 164 valence electrons. The van der Waals surface area contributed by atoms with Crippen molar-refractivity contribution < 1.29 is 14.3 Å². The number of halogens is 5. The zero-order chi connectivity index (χ0) is 22.3. The molecule has 0 aliphatic heterocycles. The van der Waals surface area contributed by atoms with E-state index in [0.29, 0.717) is 38.8 Å². The number of carbonyl (C=O) groups excluding carboxylic acids is 2. The summed E-state index contributed by atoms with van der Waals surface area (Å²) in [5, 5.41) is 3.93. The Balaban J connectivity index is 1.45. The van der Waals surface area contributed by atoms with E-state index in [0.717, 1.165) is 12.8 Å². The molecule has 1 N–H and O–H groups in total. The lowest BCUT2D eigenvalue weighted by Crippen LogP contribution is -2.18. The van der Waals surface area contributed by atoms with Gasteiger partial charge in [-0.1, -0.05) is 34.8 Å². The number of hydrogen-bond acceptors (Lipinski definition) is 3. The Morgan fingerprint density at radius 3 is 2.35 bits per heavy atom. The fourth-order valence-corrected chi connectivity index (χ4v) is 5.13. The van der Waals surface area contributed by atoms with Crippen molar-refractivity contribution in [2.75, 3.05) is 18.5 Å². The van der Waals surface area contributed by atoms with Crippen molar-refractivity contribution in [2.24, 2.45) is 11.8 Å². The molecule has 1 amide bonds. The van der Waals surface area contributed by atoms with Crippen LogP contribution in [0.5, 0.6) is 0 Å². The van der Waals surface area contributed by atoms with Crippen LogP contribution in [0.1, 0.15) is 34.7 Å². The van der Waals surface area contributed by atoms with Gasteiger partial charge in [0.15, 0.2) is 5.78 Å². The molecule has 2 aromatic carbocycles. The van der Waals surface area contributed by atoms with Crippen molar-refractivity contribution >= 4 is 75.4 Å². The molecule has 0 heterocycles. The lowest BCUT2D eigenvalue weighted by molar-refractivity contribution is -0.117. The molecule has 31 heavy (non-hydrogen) atoms. The van der Waals surface area contributed by atoms with Crippen molar-refractivity contribution in [3.05, 3.63) is 62.6 Å². The van der Waals surface area contributed by atoms with Gasteiger partial charge in [-0.15, -0.1) is 23.2 Å². The predicted octanol–water partition coefficient (Wildman–Crippen LogP) is 6.78. The minimum absolute atomic E-state index is 0.0552. The predicted molar refractivity (Wildman–Crippen MR) is 125 cm³/mol. The Labute approximate surface area is 205 Å². The van der Waals surface area contributed by atoms with Gasteiger partial charge in [-0.25, -0.2) is 0 Å². The summed E-state index contributed by atoms with van der Waals surface area (Å²) in [5.74, 6) is -1.24. The Bertz CT molecular complexity index is 1020. The van der Waals surface area contributed by atoms with Crippen LogP contribution in [0.25, 0.3) is 0 Å². The lowest BCUT2D eigenvalue weighted by Gasteiger charge is -2.09. The van der Waals surface area contributed by atoms with E-state index in [4.69, 9.17) is 62.7 Å². The highest BCUT2D eigenvalue weighted by Crippen LogP contribution is 2.65. The number of carbonyl (C=O) groups is 2. The van der Waals surface area contributed by atoms with Gasteiger partial charge in [-0.3, -0.25) is 9.59 Å². The van der Waals surface area contributed by atoms with E-state index in [1.807, 2.05) is 0 Å². The van der Waals surface area contributed by atoms with E-state index in [9.17, 15) is 9.59 Å². The summed E-state index contributed by atoms with van der Waals surface area (Å²) < 4.78 is 4.16. The number of benzene rings is 2. The molecule has 0 saturated heterocycles. The van der Waals surface area contributed by atoms with E-state index in [2.05, 4.69) is 5.32 Å². The van der Waals surface area contributed by atoms with E-state index < -0.39 is 16.2 Å². The molecule has 2 unspecified atom stereocenters. The smallest absolute Gasteiger partial charge is 0.231 e. The second kappa shape index (κ2) is 9.09. The molecule has 2 atom stereocenters. The number of rotatable bonds is 8. The van der Waals surface area contributed by atoms with Gasteiger partial charge >= 0.3 is 0 Å². The Morgan fingerprint density at radius 2 is 1.71 bits per heavy atom. The average Bonchev–Trinajstić information content (AvgIpc) is 3.58. The van der Waals surface area contributed by atoms with E-state index in [-0.39, 0.29) is 23.9 Å². The molecular weight excluding hydrogens is 504 g/mol. The third-order valence-corrected chi connectivity index (χ3v) is 7.10. The molecule has 2 aliphatic rings. The summed E-state index contributed by atoms with van der Waals surface area (Å²) in [6, 6.07) is 9.66. The quantitative estimate of drug-likeness (QED) is 0.308. The first-order valence-electron chi connectivity index (χ1n) is 9.72. The molecule has 0 spiro atoms. The van der Waals surface area contributed by atoms with Gasteiger partial charge in [0.1, 0.15) is 10.9 Å². The van der Waals surface area contributed by atoms with Crippen LogP contribution >= 0.6 is 58.0 Å². The fourth-order valence-electron chi connectivity index (χ4n) is 3.54. The zero-order valence-corrected chi connectivity index (χ0v) is 19.9. The third kappa shape index (κ3) is 5.32. The maximum Gasteiger partial charge on any atom is 0.231 e. The maximum atomic E-state index is 12.9. The first kappa shape index (κ1) is 23.2. The van der Waals surface area contributed by atoms with Crippen LogP contribution in [-0.2, 0) is 9.53 Å². The van der Waals surface area contributed by atoms with E-state index >= 15 is 0 Å². The minimum atomic E-state index is -1.29. The number of hydrogen-bond donors (Lipinski definition) is 1. The number of alkyl halides is 2. The van der Waals surface area contributed by atoms with Gasteiger partial charge in [0, 0.05) is 27.2 Å². The molecule has 4 rings (SSSR count). The van der Waals surface area contributed by atoms with Crippen LogP contribution in [-0.4, -0.2) is 29.2 Å². The van der Waals surface area contributed by atoms with Crippen LogP contribution in [0.4, 0.5) is 5.69 Å². The van der Waals surface area contributed by atoms with Crippen LogP contribution in [0.3, 0.4) is 0 Å². The molecule has 0 bridgehead atoms. The Kier molecular flexibility index (Phi) is 6.79. The second-order valence-electron chi connectivity index (χ2n) is 7.90. The molecule has 2 saturated carbocycles. The van der Waals surface area contributed by atoms with Crippen LogP contribution in [0.2, 0.25) is 15.1 Å². The summed E-state index contributed by atoms with van der Waals surface area (Å²) in [4.78, 5) is 25.3. The molecule has 4 nitrogen and oxygen atoms in total. The van der Waals surface area contributed by atoms with Crippen LogP contribution in [0.15, 0.2) is 36.4 Å². The van der Waals surface area contributed by atoms with Gasteiger partial charge in [-0.05, 0) is 60.7 Å². The largest absolute Gasteiger partial charge is 0.373 e. The molecule has 2 aromatic rings. The summed E-state index contributed by atoms with van der Waals surface area (Å²) in [6.45, 7) is 0.518. The van der Waals surface area contributed by atoms with E-state index in [1.165, 1.54) is 6.07 Å². The molecule has 9 heteroatoms. The maximum absolute atomic E-state index is 12.9. The van der Waals surface area contributed by atoms with Gasteiger partial charge in [-0.2, -0.15) is 0 Å². The molecule has 0 aromatic heterocycles. The fraction of sp³-hybridized carbons (Fsp3) is 0.364. The average molecular weight is 522 g/mol. The zero-order valence-electron chi connectivity index (χ0n) is 16.1. The number of ketones is 1. The van der Waals surface area contributed by atoms with Crippen molar-refractivity contribution in [2.45, 2.75) is 23.1 Å². The van der Waals surface area contributed by atoms with Crippen LogP contribution < -0.4 is 5.32 Å². The molecular formula is C22H18Cl5NO3. The van der Waals surface area contributed by atoms with Crippen molar-refractivity contribution in [1.82, 2.24) is 0 Å². The Morgan fingerprint density at radius 1 is 1.03 bits per heavy atom. The van der Waals surface area contributed by atoms with Crippen LogP contribution in [0, 0.1) is 11.8 Å². The minimum Gasteiger partial charge on any atom is -0.373 e. The third-order valence-electron chi connectivity index (χ3n) is 5.40. The lowest BCUT2D eigenvalue weighted by atomic mass is 10.1. The number of anilines is 1. The molecule has 0 radical (unpaired) electrons. The second-order valence-corrected chi connectivity index (χ2v) is 10.6. The molecule has 2 aliphatic carbocycles. The highest BCUT2D eigenvalue weighted by Gasteiger charge is 2.67.